The van der Waals surface area contributed by atoms with Crippen molar-refractivity contribution < 1.29 is 31.0 Å². The van der Waals surface area contributed by atoms with Crippen LogP contribution in [0.2, 0.25) is 0 Å². The predicted octanol–water partition coefficient (Wildman–Crippen LogP) is 5.97. The summed E-state index contributed by atoms with van der Waals surface area (Å²) in [6.07, 6.45) is 6.89. The first-order valence-electron chi connectivity index (χ1n) is 10.8. The minimum atomic E-state index is -6.09. The number of hydrogen-bond donors (Lipinski definition) is 1. The van der Waals surface area contributed by atoms with Crippen molar-refractivity contribution in [3.63, 3.8) is 0 Å². The van der Waals surface area contributed by atoms with Gasteiger partial charge in [0.15, 0.2) is 10.1 Å². The van der Waals surface area contributed by atoms with E-state index in [0.29, 0.717) is 0 Å². The molecule has 0 spiro atoms. The highest BCUT2D eigenvalue weighted by atomic mass is 32.2. The zero-order valence-corrected chi connectivity index (χ0v) is 18.8. The molecule has 1 aliphatic carbocycles. The van der Waals surface area contributed by atoms with Crippen LogP contribution in [-0.2, 0) is 10.1 Å². The van der Waals surface area contributed by atoms with Gasteiger partial charge < -0.3 is 4.55 Å². The maximum atomic E-state index is 10.7. The zero-order chi connectivity index (χ0) is 23.9. The Labute approximate surface area is 192 Å². The number of rotatable bonds is 4. The number of alkyl halides is 3. The van der Waals surface area contributed by atoms with Gasteiger partial charge in [-0.25, -0.2) is 13.3 Å². The van der Waals surface area contributed by atoms with Crippen molar-refractivity contribution in [2.45, 2.75) is 43.5 Å². The van der Waals surface area contributed by atoms with Gasteiger partial charge in [0.05, 0.1) is 0 Å². The molecule has 4 nitrogen and oxygen atoms in total. The second-order valence-corrected chi connectivity index (χ2v) is 9.34. The van der Waals surface area contributed by atoms with E-state index >= 15 is 0 Å². The number of hydrogen-bond acceptors (Lipinski definition) is 3. The fourth-order valence-corrected chi connectivity index (χ4v) is 4.07. The molecule has 4 rings (SSSR count). The summed E-state index contributed by atoms with van der Waals surface area (Å²) in [6, 6.07) is 30.8. The van der Waals surface area contributed by atoms with E-state index < -0.39 is 15.6 Å². The highest BCUT2D eigenvalue weighted by Gasteiger charge is 2.36. The predicted molar refractivity (Wildman–Crippen MR) is 121 cm³/mol. The molecule has 0 bridgehead atoms. The van der Waals surface area contributed by atoms with Crippen LogP contribution >= 0.6 is 0 Å². The molecule has 3 aromatic rings. The Morgan fingerprint density at radius 3 is 1.48 bits per heavy atom. The molecular formula is C25H26F3NO3S. The third kappa shape index (κ3) is 6.90. The molecule has 1 saturated carbocycles. The van der Waals surface area contributed by atoms with Crippen molar-refractivity contribution >= 4 is 27.2 Å². The van der Waals surface area contributed by atoms with Gasteiger partial charge in [0.2, 0.25) is 0 Å². The molecule has 0 saturated heterocycles. The van der Waals surface area contributed by atoms with Crippen LogP contribution in [0.5, 0.6) is 0 Å². The fourth-order valence-electron chi connectivity index (χ4n) is 4.07. The summed E-state index contributed by atoms with van der Waals surface area (Å²) in [5, 5.41) is 0. The van der Waals surface area contributed by atoms with Gasteiger partial charge in [0.1, 0.15) is 17.1 Å². The molecule has 0 amide bonds. The van der Waals surface area contributed by atoms with Crippen molar-refractivity contribution in [3.05, 3.63) is 90.5 Å². The van der Waals surface area contributed by atoms with Crippen molar-refractivity contribution in [3.8, 4) is 0 Å². The van der Waals surface area contributed by atoms with Crippen LogP contribution in [0.4, 0.5) is 30.2 Å². The standard InChI is InChI=1S/C24H25N.CHF3O3S/c1-4-10-20(11-5-1)21-16-18-24(19-17-21)25(22-12-6-2-7-13-22)23-14-8-3-9-15-23;2-1(3,4)8(5,6)7/h2-3,6-9,12-20H,1,4-5,10-11H2;(H,5,6,7). The molecule has 0 aliphatic heterocycles. The molecule has 8 heteroatoms. The van der Waals surface area contributed by atoms with Crippen molar-refractivity contribution in [1.29, 1.82) is 0 Å². The Morgan fingerprint density at radius 2 is 1.09 bits per heavy atom. The summed E-state index contributed by atoms with van der Waals surface area (Å²) < 4.78 is 58.9. The lowest BCUT2D eigenvalue weighted by molar-refractivity contribution is -0.681. The Morgan fingerprint density at radius 1 is 0.697 bits per heavy atom. The highest BCUT2D eigenvalue weighted by molar-refractivity contribution is 7.86. The van der Waals surface area contributed by atoms with Gasteiger partial charge in [-0.1, -0.05) is 67.8 Å². The molecule has 33 heavy (non-hydrogen) atoms. The third-order valence-electron chi connectivity index (χ3n) is 5.68. The Hall–Kier alpha value is -2.68. The highest BCUT2D eigenvalue weighted by Crippen LogP contribution is 2.33. The van der Waals surface area contributed by atoms with Gasteiger partial charge in [0.25, 0.3) is 0 Å². The Kier molecular flexibility index (Phi) is 8.29. The third-order valence-corrected chi connectivity index (χ3v) is 6.25. The topological polar surface area (TPSA) is 61.6 Å². The first kappa shape index (κ1) is 25.0. The van der Waals surface area contributed by atoms with E-state index in [0.717, 1.165) is 5.92 Å². The lowest BCUT2D eigenvalue weighted by Gasteiger charge is -2.23. The molecule has 0 radical (unpaired) electrons. The van der Waals surface area contributed by atoms with E-state index in [2.05, 4.69) is 84.9 Å². The van der Waals surface area contributed by atoms with Gasteiger partial charge in [-0.15, -0.1) is 0 Å². The average Bonchev–Trinajstić information content (AvgIpc) is 2.81. The van der Waals surface area contributed by atoms with Crippen LogP contribution in [0.3, 0.4) is 0 Å². The van der Waals surface area contributed by atoms with Gasteiger partial charge in [-0.2, -0.15) is 13.2 Å². The minimum absolute atomic E-state index is 0.764. The van der Waals surface area contributed by atoms with Gasteiger partial charge in [-0.3, -0.25) is 0 Å². The summed E-state index contributed by atoms with van der Waals surface area (Å²) >= 11 is 0. The van der Waals surface area contributed by atoms with Crippen LogP contribution in [0.1, 0.15) is 43.6 Å². The monoisotopic (exact) mass is 477 g/mol. The van der Waals surface area contributed by atoms with Crippen LogP contribution in [0.15, 0.2) is 84.9 Å². The molecule has 0 atom stereocenters. The Bertz CT molecular complexity index is 1060. The fraction of sp³-hybridized carbons (Fsp3) is 0.280. The minimum Gasteiger partial charge on any atom is -0.741 e. The molecule has 3 aromatic carbocycles. The van der Waals surface area contributed by atoms with E-state index in [-0.39, 0.29) is 0 Å². The van der Waals surface area contributed by atoms with E-state index in [9.17, 15) is 13.2 Å². The summed E-state index contributed by atoms with van der Waals surface area (Å²) in [4.78, 5) is 1.32. The van der Waals surface area contributed by atoms with E-state index in [1.807, 2.05) is 0 Å². The largest absolute Gasteiger partial charge is 0.741 e. The van der Waals surface area contributed by atoms with Gasteiger partial charge in [-0.05, 0) is 48.6 Å². The smallest absolute Gasteiger partial charge is 0.485 e. The lowest BCUT2D eigenvalue weighted by Crippen LogP contribution is -2.96. The Balaban J connectivity index is 0.000000331. The van der Waals surface area contributed by atoms with Gasteiger partial charge >= 0.3 is 5.51 Å². The van der Waals surface area contributed by atoms with Crippen LogP contribution in [-0.4, -0.2) is 18.5 Å². The molecule has 0 heterocycles. The summed E-state index contributed by atoms with van der Waals surface area (Å²) in [7, 11) is -6.09. The molecule has 1 aliphatic rings. The van der Waals surface area contributed by atoms with Crippen LogP contribution in [0, 0.1) is 0 Å². The summed E-state index contributed by atoms with van der Waals surface area (Å²) in [5.74, 6) is 0.764. The van der Waals surface area contributed by atoms with Crippen LogP contribution < -0.4 is 4.90 Å². The quantitative estimate of drug-likeness (QED) is 0.372. The van der Waals surface area contributed by atoms with E-state index in [1.54, 1.807) is 0 Å². The van der Waals surface area contributed by atoms with Crippen molar-refractivity contribution in [2.24, 2.45) is 0 Å². The van der Waals surface area contributed by atoms with E-state index in [4.69, 9.17) is 13.0 Å². The van der Waals surface area contributed by atoms with Crippen LogP contribution in [0.25, 0.3) is 0 Å². The first-order valence-corrected chi connectivity index (χ1v) is 12.2. The zero-order valence-electron chi connectivity index (χ0n) is 18.0. The van der Waals surface area contributed by atoms with E-state index in [1.165, 1.54) is 59.6 Å². The first-order chi connectivity index (χ1) is 15.7. The number of para-hydroxylation sites is 2. The number of nitrogens with one attached hydrogen (secondary N) is 1. The maximum absolute atomic E-state index is 10.7. The molecule has 176 valence electrons. The normalized spacial score (nSPS) is 15.1. The van der Waals surface area contributed by atoms with Crippen molar-refractivity contribution in [2.75, 3.05) is 0 Å². The maximum Gasteiger partial charge on any atom is 0.485 e. The lowest BCUT2D eigenvalue weighted by atomic mass is 9.84. The average molecular weight is 478 g/mol. The summed E-state index contributed by atoms with van der Waals surface area (Å²) in [6.45, 7) is 0. The molecule has 0 aromatic heterocycles. The number of quaternary nitrogens is 1. The molecule has 0 unspecified atom stereocenters. The SMILES string of the molecule is O=S(=O)([O-])C(F)(F)F.c1ccc([NH+](c2ccccc2)c2ccc(C3CCCCC3)cc2)cc1. The summed E-state index contributed by atoms with van der Waals surface area (Å²) in [5.41, 5.74) is -0.272. The molecule has 1 N–H and O–H groups in total. The van der Waals surface area contributed by atoms with Gasteiger partial charge in [0, 0.05) is 12.1 Å². The number of halogens is 3. The molecule has 1 fully saturated rings. The van der Waals surface area contributed by atoms with Crippen molar-refractivity contribution in [1.82, 2.24) is 0 Å². The number of benzene rings is 3. The second kappa shape index (κ2) is 11.0. The second-order valence-electron chi connectivity index (χ2n) is 7.96. The molecular weight excluding hydrogens is 451 g/mol.